The second-order valence-electron chi connectivity index (χ2n) is 8.36. The first kappa shape index (κ1) is 20.7. The molecule has 2 N–H and O–H groups in total. The fourth-order valence-electron chi connectivity index (χ4n) is 4.01. The van der Waals surface area contributed by atoms with Gasteiger partial charge in [-0.3, -0.25) is 24.5 Å². The van der Waals surface area contributed by atoms with Gasteiger partial charge in [0, 0.05) is 24.1 Å². The first-order valence-corrected chi connectivity index (χ1v) is 10.0. The van der Waals surface area contributed by atoms with Gasteiger partial charge in [0.25, 0.3) is 11.8 Å². The Bertz CT molecular complexity index is 1090. The van der Waals surface area contributed by atoms with Crippen molar-refractivity contribution in [2.24, 2.45) is 0 Å². The number of nitrogens with one attached hydrogen (secondary N) is 2. The maximum absolute atomic E-state index is 13.2. The average Bonchev–Trinajstić information content (AvgIpc) is 3.04. The van der Waals surface area contributed by atoms with E-state index in [0.717, 1.165) is 5.56 Å². The molecular weight excluding hydrogens is 401 g/mol. The monoisotopic (exact) mass is 423 g/mol. The van der Waals surface area contributed by atoms with Crippen LogP contribution in [0.3, 0.4) is 0 Å². The second kappa shape index (κ2) is 7.61. The highest BCUT2D eigenvalue weighted by Gasteiger charge is 2.39. The van der Waals surface area contributed by atoms with Crippen LogP contribution in [0.5, 0.6) is 0 Å². The maximum atomic E-state index is 13.2. The summed E-state index contributed by atoms with van der Waals surface area (Å²) in [5.41, 5.74) is 1.49. The smallest absolute Gasteiger partial charge is 0.255 e. The molecule has 7 nitrogen and oxygen atoms in total. The van der Waals surface area contributed by atoms with Gasteiger partial charge in [0.1, 0.15) is 11.9 Å². The summed E-state index contributed by atoms with van der Waals surface area (Å²) in [6.07, 6.45) is 0.465. The van der Waals surface area contributed by atoms with Crippen molar-refractivity contribution in [3.8, 4) is 0 Å². The van der Waals surface area contributed by atoms with Crippen molar-refractivity contribution < 1.29 is 23.6 Å². The number of carbonyl (C=O) groups excluding carboxylic acids is 4. The molecule has 160 valence electrons. The largest absolute Gasteiger partial charge is 0.343 e. The van der Waals surface area contributed by atoms with E-state index in [4.69, 9.17) is 0 Å². The Morgan fingerprint density at radius 3 is 2.52 bits per heavy atom. The van der Waals surface area contributed by atoms with Crippen molar-refractivity contribution >= 4 is 23.6 Å². The summed E-state index contributed by atoms with van der Waals surface area (Å²) < 4.78 is 13.2. The van der Waals surface area contributed by atoms with Crippen LogP contribution in [-0.2, 0) is 21.7 Å². The third-order valence-electron chi connectivity index (χ3n) is 5.78. The third-order valence-corrected chi connectivity index (χ3v) is 5.78. The predicted octanol–water partition coefficient (Wildman–Crippen LogP) is 2.25. The number of imide groups is 1. The van der Waals surface area contributed by atoms with Gasteiger partial charge in [-0.05, 0) is 61.7 Å². The lowest BCUT2D eigenvalue weighted by Crippen LogP contribution is -2.52. The molecule has 1 fully saturated rings. The first-order valence-electron chi connectivity index (χ1n) is 10.0. The zero-order valence-corrected chi connectivity index (χ0v) is 17.2. The van der Waals surface area contributed by atoms with Crippen LogP contribution in [0, 0.1) is 5.82 Å². The number of hydrogen-bond donors (Lipinski definition) is 2. The number of benzene rings is 2. The molecule has 31 heavy (non-hydrogen) atoms. The zero-order chi connectivity index (χ0) is 22.3. The minimum atomic E-state index is -0.738. The summed E-state index contributed by atoms with van der Waals surface area (Å²) >= 11 is 0. The summed E-state index contributed by atoms with van der Waals surface area (Å²) in [6.45, 7) is 3.84. The van der Waals surface area contributed by atoms with Crippen LogP contribution >= 0.6 is 0 Å². The number of piperidine rings is 1. The summed E-state index contributed by atoms with van der Waals surface area (Å²) in [5.74, 6) is -1.79. The van der Waals surface area contributed by atoms with Gasteiger partial charge in [0.05, 0.1) is 5.54 Å². The van der Waals surface area contributed by atoms with Crippen molar-refractivity contribution in [2.75, 3.05) is 0 Å². The fourth-order valence-corrected chi connectivity index (χ4v) is 4.01. The van der Waals surface area contributed by atoms with Gasteiger partial charge in [-0.25, -0.2) is 4.39 Å². The Labute approximate surface area is 178 Å². The lowest BCUT2D eigenvalue weighted by molar-refractivity contribution is -0.136. The van der Waals surface area contributed by atoms with Gasteiger partial charge in [-0.2, -0.15) is 0 Å². The van der Waals surface area contributed by atoms with E-state index in [0.29, 0.717) is 16.7 Å². The summed E-state index contributed by atoms with van der Waals surface area (Å²) in [5, 5.41) is 5.20. The van der Waals surface area contributed by atoms with E-state index in [2.05, 4.69) is 10.6 Å². The summed E-state index contributed by atoms with van der Waals surface area (Å²) in [7, 11) is 0. The van der Waals surface area contributed by atoms with Gasteiger partial charge >= 0.3 is 0 Å². The van der Waals surface area contributed by atoms with Gasteiger partial charge in [-0.15, -0.1) is 0 Å². The minimum Gasteiger partial charge on any atom is -0.343 e. The lowest BCUT2D eigenvalue weighted by atomic mass is 9.93. The van der Waals surface area contributed by atoms with E-state index in [1.807, 2.05) is 13.8 Å². The molecule has 0 radical (unpaired) electrons. The van der Waals surface area contributed by atoms with E-state index in [9.17, 15) is 23.6 Å². The lowest BCUT2D eigenvalue weighted by Gasteiger charge is -2.29. The molecule has 4 rings (SSSR count). The molecule has 2 aromatic rings. The van der Waals surface area contributed by atoms with Crippen LogP contribution in [0.1, 0.15) is 58.5 Å². The van der Waals surface area contributed by atoms with Crippen molar-refractivity contribution in [1.29, 1.82) is 0 Å². The first-order chi connectivity index (χ1) is 14.7. The van der Waals surface area contributed by atoms with Gasteiger partial charge < -0.3 is 10.2 Å². The molecule has 1 unspecified atom stereocenters. The topological polar surface area (TPSA) is 95.6 Å². The van der Waals surface area contributed by atoms with Gasteiger partial charge in [-0.1, -0.05) is 12.1 Å². The fraction of sp³-hybridized carbons (Fsp3) is 0.304. The van der Waals surface area contributed by atoms with Crippen LogP contribution < -0.4 is 10.6 Å². The van der Waals surface area contributed by atoms with Crippen LogP contribution in [0.4, 0.5) is 4.39 Å². The normalized spacial score (nSPS) is 18.6. The molecule has 0 aliphatic carbocycles. The average molecular weight is 423 g/mol. The highest BCUT2D eigenvalue weighted by atomic mass is 19.1. The number of hydrogen-bond acceptors (Lipinski definition) is 4. The molecule has 0 aromatic heterocycles. The zero-order valence-electron chi connectivity index (χ0n) is 17.2. The Hall–Kier alpha value is -3.55. The highest BCUT2D eigenvalue weighted by molar-refractivity contribution is 6.06. The van der Waals surface area contributed by atoms with E-state index in [-0.39, 0.29) is 42.9 Å². The van der Waals surface area contributed by atoms with Crippen molar-refractivity contribution in [3.63, 3.8) is 0 Å². The van der Waals surface area contributed by atoms with Gasteiger partial charge in [0.2, 0.25) is 11.8 Å². The molecule has 2 aliphatic heterocycles. The minimum absolute atomic E-state index is 0.183. The Balaban J connectivity index is 1.51. The molecule has 1 atom stereocenters. The predicted molar refractivity (Wildman–Crippen MR) is 109 cm³/mol. The van der Waals surface area contributed by atoms with Crippen molar-refractivity contribution in [3.05, 3.63) is 70.5 Å². The number of carbonyl (C=O) groups is 4. The second-order valence-corrected chi connectivity index (χ2v) is 8.36. The van der Waals surface area contributed by atoms with E-state index in [1.165, 1.54) is 17.0 Å². The van der Waals surface area contributed by atoms with Crippen LogP contribution in [0.25, 0.3) is 0 Å². The third kappa shape index (κ3) is 3.93. The van der Waals surface area contributed by atoms with E-state index < -0.39 is 17.5 Å². The van der Waals surface area contributed by atoms with Crippen LogP contribution in [0.2, 0.25) is 0 Å². The molecule has 0 spiro atoms. The molecule has 2 heterocycles. The number of rotatable bonds is 4. The number of fused-ring (bicyclic) bond motifs is 1. The number of halogens is 1. The Morgan fingerprint density at radius 1 is 1.13 bits per heavy atom. The number of amides is 4. The Kier molecular flexibility index (Phi) is 5.08. The summed E-state index contributed by atoms with van der Waals surface area (Å²) in [4.78, 5) is 50.6. The molecule has 0 saturated carbocycles. The Morgan fingerprint density at radius 2 is 1.84 bits per heavy atom. The highest BCUT2D eigenvalue weighted by Crippen LogP contribution is 2.29. The standard InChI is InChI=1S/C23H22FN3O4/c1-23(2,15-4-6-16(24)7-5-15)26-20(29)13-3-8-17-14(11-13)12-27(22(17)31)18-9-10-19(28)25-21(18)30/h3-8,11,18H,9-10,12H2,1-2H3,(H,26,29)(H,25,28,30). The quantitative estimate of drug-likeness (QED) is 0.738. The summed E-state index contributed by atoms with van der Waals surface area (Å²) in [6, 6.07) is 10.0. The van der Waals surface area contributed by atoms with Crippen LogP contribution in [0.15, 0.2) is 42.5 Å². The molecule has 2 aromatic carbocycles. The van der Waals surface area contributed by atoms with Crippen LogP contribution in [-0.4, -0.2) is 34.6 Å². The SMILES string of the molecule is CC(C)(NC(=O)c1ccc2c(c1)CN(C1CCC(=O)NC1=O)C2=O)c1ccc(F)cc1. The van der Waals surface area contributed by atoms with E-state index >= 15 is 0 Å². The molecular formula is C23H22FN3O4. The maximum Gasteiger partial charge on any atom is 0.255 e. The molecule has 4 amide bonds. The molecule has 1 saturated heterocycles. The van der Waals surface area contributed by atoms with Crippen molar-refractivity contribution in [1.82, 2.24) is 15.5 Å². The molecule has 2 aliphatic rings. The molecule has 8 heteroatoms. The molecule has 0 bridgehead atoms. The number of nitrogens with zero attached hydrogens (tertiary/aromatic N) is 1. The van der Waals surface area contributed by atoms with Gasteiger partial charge in [0.15, 0.2) is 0 Å². The van der Waals surface area contributed by atoms with E-state index in [1.54, 1.807) is 30.3 Å². The van der Waals surface area contributed by atoms with Crippen molar-refractivity contribution in [2.45, 2.75) is 44.8 Å².